The monoisotopic (exact) mass is 344 g/mol. The number of rotatable bonds is 6. The van der Waals surface area contributed by atoms with Gasteiger partial charge in [-0.3, -0.25) is 4.79 Å². The number of nitrogens with zero attached hydrogens (tertiary/aromatic N) is 1. The summed E-state index contributed by atoms with van der Waals surface area (Å²) in [6.45, 7) is 2.18. The molecule has 1 heterocycles. The molecule has 0 bridgehead atoms. The van der Waals surface area contributed by atoms with Crippen LogP contribution in [0.1, 0.15) is 50.3 Å². The Balaban J connectivity index is 1.48. The molecule has 0 saturated carbocycles. The van der Waals surface area contributed by atoms with E-state index in [2.05, 4.69) is 22.4 Å². The van der Waals surface area contributed by atoms with Crippen molar-refractivity contribution in [2.45, 2.75) is 38.5 Å². The van der Waals surface area contributed by atoms with Crippen molar-refractivity contribution >= 4 is 23.2 Å². The maximum absolute atomic E-state index is 12.2. The van der Waals surface area contributed by atoms with Gasteiger partial charge in [-0.1, -0.05) is 24.3 Å². The summed E-state index contributed by atoms with van der Waals surface area (Å²) in [5, 5.41) is 12.7. The Labute approximate surface area is 144 Å². The maximum Gasteiger partial charge on any atom is 0.347 e. The molecule has 1 atom stereocenters. The molecule has 0 saturated heterocycles. The SMILES string of the molecule is Cc1nc(CCNC(=O)CC2CCc3ccccc32)sc1C(=O)O. The molecule has 0 spiro atoms. The van der Waals surface area contributed by atoms with Gasteiger partial charge in [0.15, 0.2) is 0 Å². The van der Waals surface area contributed by atoms with Crippen LogP contribution in [0.3, 0.4) is 0 Å². The summed E-state index contributed by atoms with van der Waals surface area (Å²) in [7, 11) is 0. The van der Waals surface area contributed by atoms with Gasteiger partial charge in [-0.05, 0) is 36.8 Å². The van der Waals surface area contributed by atoms with Crippen LogP contribution in [-0.2, 0) is 17.6 Å². The minimum atomic E-state index is -0.944. The number of hydrogen-bond acceptors (Lipinski definition) is 4. The quantitative estimate of drug-likeness (QED) is 0.844. The number of aromatic nitrogens is 1. The molecule has 24 heavy (non-hydrogen) atoms. The number of thiazole rings is 1. The number of aromatic carboxylic acids is 1. The van der Waals surface area contributed by atoms with Crippen LogP contribution in [0.4, 0.5) is 0 Å². The Morgan fingerprint density at radius 3 is 2.92 bits per heavy atom. The van der Waals surface area contributed by atoms with Gasteiger partial charge in [0.25, 0.3) is 0 Å². The molecule has 1 unspecified atom stereocenters. The summed E-state index contributed by atoms with van der Waals surface area (Å²) in [4.78, 5) is 27.7. The van der Waals surface area contributed by atoms with Crippen molar-refractivity contribution in [3.05, 3.63) is 51.0 Å². The average molecular weight is 344 g/mol. The number of carboxylic acids is 1. The zero-order valence-corrected chi connectivity index (χ0v) is 14.4. The number of fused-ring (bicyclic) bond motifs is 1. The van der Waals surface area contributed by atoms with Gasteiger partial charge in [-0.25, -0.2) is 9.78 Å². The Morgan fingerprint density at radius 2 is 2.17 bits per heavy atom. The first kappa shape index (κ1) is 16.6. The van der Waals surface area contributed by atoms with Crippen molar-refractivity contribution in [3.63, 3.8) is 0 Å². The van der Waals surface area contributed by atoms with Gasteiger partial charge in [0, 0.05) is 19.4 Å². The highest BCUT2D eigenvalue weighted by molar-refractivity contribution is 7.13. The molecule has 0 radical (unpaired) electrons. The Morgan fingerprint density at radius 1 is 1.38 bits per heavy atom. The van der Waals surface area contributed by atoms with Gasteiger partial charge < -0.3 is 10.4 Å². The first-order valence-corrected chi connectivity index (χ1v) is 8.90. The smallest absolute Gasteiger partial charge is 0.347 e. The third kappa shape index (κ3) is 3.64. The van der Waals surface area contributed by atoms with E-state index >= 15 is 0 Å². The molecule has 1 aromatic carbocycles. The zero-order chi connectivity index (χ0) is 17.1. The Bertz CT molecular complexity index is 769. The van der Waals surface area contributed by atoms with Gasteiger partial charge in [0.2, 0.25) is 5.91 Å². The fourth-order valence-electron chi connectivity index (χ4n) is 3.22. The number of aryl methyl sites for hydroxylation is 2. The predicted molar refractivity (Wildman–Crippen MR) is 92.6 cm³/mol. The first-order valence-electron chi connectivity index (χ1n) is 8.08. The third-order valence-electron chi connectivity index (χ3n) is 4.39. The maximum atomic E-state index is 12.2. The van der Waals surface area contributed by atoms with Crippen LogP contribution in [0.25, 0.3) is 0 Å². The normalized spacial score (nSPS) is 16.0. The molecule has 1 aliphatic carbocycles. The average Bonchev–Trinajstić information content (AvgIpc) is 3.11. The molecule has 1 aliphatic rings. The fraction of sp³-hybridized carbons (Fsp3) is 0.389. The second-order valence-corrected chi connectivity index (χ2v) is 7.15. The van der Waals surface area contributed by atoms with Gasteiger partial charge in [-0.2, -0.15) is 0 Å². The van der Waals surface area contributed by atoms with Crippen LogP contribution >= 0.6 is 11.3 Å². The number of benzene rings is 1. The lowest BCUT2D eigenvalue weighted by molar-refractivity contribution is -0.121. The van der Waals surface area contributed by atoms with Crippen LogP contribution in [0.15, 0.2) is 24.3 Å². The summed E-state index contributed by atoms with van der Waals surface area (Å²) in [5.74, 6) is -0.592. The van der Waals surface area contributed by atoms with E-state index in [0.29, 0.717) is 31.0 Å². The highest BCUT2D eigenvalue weighted by Crippen LogP contribution is 2.35. The van der Waals surface area contributed by atoms with Crippen molar-refractivity contribution in [3.8, 4) is 0 Å². The van der Waals surface area contributed by atoms with Gasteiger partial charge >= 0.3 is 5.97 Å². The summed E-state index contributed by atoms with van der Waals surface area (Å²) in [6, 6.07) is 8.33. The standard InChI is InChI=1S/C18H20N2O3S/c1-11-17(18(22)23)24-16(20-11)8-9-19-15(21)10-13-7-6-12-4-2-3-5-14(12)13/h2-5,13H,6-10H2,1H3,(H,19,21)(H,22,23). The topological polar surface area (TPSA) is 79.3 Å². The van der Waals surface area contributed by atoms with E-state index in [-0.39, 0.29) is 10.8 Å². The number of hydrogen-bond donors (Lipinski definition) is 2. The molecule has 6 heteroatoms. The van der Waals surface area contributed by atoms with Crippen LogP contribution in [0, 0.1) is 6.92 Å². The minimum absolute atomic E-state index is 0.0449. The number of carbonyl (C=O) groups is 2. The Hall–Kier alpha value is -2.21. The molecule has 1 amide bonds. The van der Waals surface area contributed by atoms with Crippen molar-refractivity contribution in [2.75, 3.05) is 6.54 Å². The van der Waals surface area contributed by atoms with Crippen molar-refractivity contribution in [2.24, 2.45) is 0 Å². The van der Waals surface area contributed by atoms with Crippen molar-refractivity contribution < 1.29 is 14.7 Å². The van der Waals surface area contributed by atoms with Crippen LogP contribution in [0.2, 0.25) is 0 Å². The number of carbonyl (C=O) groups excluding carboxylic acids is 1. The van der Waals surface area contributed by atoms with Gasteiger partial charge in [-0.15, -0.1) is 11.3 Å². The van der Waals surface area contributed by atoms with Crippen LogP contribution in [-0.4, -0.2) is 28.5 Å². The predicted octanol–water partition coefficient (Wildman–Crippen LogP) is 2.93. The molecule has 5 nitrogen and oxygen atoms in total. The Kier molecular flexibility index (Phi) is 4.94. The summed E-state index contributed by atoms with van der Waals surface area (Å²) in [6.07, 6.45) is 3.14. The van der Waals surface area contributed by atoms with E-state index < -0.39 is 5.97 Å². The lowest BCUT2D eigenvalue weighted by Crippen LogP contribution is -2.26. The zero-order valence-electron chi connectivity index (χ0n) is 13.5. The van der Waals surface area contributed by atoms with E-state index in [9.17, 15) is 9.59 Å². The molecular formula is C18H20N2O3S. The van der Waals surface area contributed by atoms with Crippen molar-refractivity contribution in [1.29, 1.82) is 0 Å². The number of nitrogens with one attached hydrogen (secondary N) is 1. The number of amides is 1. The van der Waals surface area contributed by atoms with E-state index in [1.165, 1.54) is 22.5 Å². The second kappa shape index (κ2) is 7.13. The summed E-state index contributed by atoms with van der Waals surface area (Å²) >= 11 is 1.18. The van der Waals surface area contributed by atoms with E-state index in [1.54, 1.807) is 6.92 Å². The second-order valence-electron chi connectivity index (χ2n) is 6.07. The van der Waals surface area contributed by atoms with E-state index in [4.69, 9.17) is 5.11 Å². The third-order valence-corrected chi connectivity index (χ3v) is 5.59. The highest BCUT2D eigenvalue weighted by Gasteiger charge is 2.24. The molecule has 3 rings (SSSR count). The molecule has 126 valence electrons. The molecule has 2 aromatic rings. The van der Waals surface area contributed by atoms with E-state index in [0.717, 1.165) is 17.8 Å². The lowest BCUT2D eigenvalue weighted by atomic mass is 9.97. The van der Waals surface area contributed by atoms with Crippen LogP contribution in [0.5, 0.6) is 0 Å². The van der Waals surface area contributed by atoms with E-state index in [1.807, 2.05) is 12.1 Å². The molecule has 1 aromatic heterocycles. The highest BCUT2D eigenvalue weighted by atomic mass is 32.1. The molecular weight excluding hydrogens is 324 g/mol. The summed E-state index contributed by atoms with van der Waals surface area (Å²) in [5.41, 5.74) is 3.19. The molecule has 0 aliphatic heterocycles. The first-order chi connectivity index (χ1) is 11.5. The van der Waals surface area contributed by atoms with Gasteiger partial charge in [0.05, 0.1) is 10.7 Å². The van der Waals surface area contributed by atoms with Gasteiger partial charge in [0.1, 0.15) is 4.88 Å². The van der Waals surface area contributed by atoms with Crippen LogP contribution < -0.4 is 5.32 Å². The summed E-state index contributed by atoms with van der Waals surface area (Å²) < 4.78 is 0. The fourth-order valence-corrected chi connectivity index (χ4v) is 4.12. The molecule has 2 N–H and O–H groups in total. The molecule has 0 fully saturated rings. The number of carboxylic acid groups (broad SMARTS) is 1. The minimum Gasteiger partial charge on any atom is -0.477 e. The lowest BCUT2D eigenvalue weighted by Gasteiger charge is -2.11. The van der Waals surface area contributed by atoms with Crippen molar-refractivity contribution in [1.82, 2.24) is 10.3 Å². The largest absolute Gasteiger partial charge is 0.477 e.